The molecule has 4 heteroatoms. The van der Waals surface area contributed by atoms with Crippen LogP contribution in [0.5, 0.6) is 5.75 Å². The first-order valence-corrected chi connectivity index (χ1v) is 3.56. The zero-order valence-corrected chi connectivity index (χ0v) is 7.80. The SMILES string of the molecule is COc1cccnc1CCN.Cl. The van der Waals surface area contributed by atoms with Gasteiger partial charge in [-0.1, -0.05) is 0 Å². The van der Waals surface area contributed by atoms with Crippen LogP contribution in [0.25, 0.3) is 0 Å². The average molecular weight is 189 g/mol. The van der Waals surface area contributed by atoms with E-state index in [0.29, 0.717) is 6.54 Å². The first kappa shape index (κ1) is 11.2. The van der Waals surface area contributed by atoms with Gasteiger partial charge in [0.1, 0.15) is 5.75 Å². The van der Waals surface area contributed by atoms with Crippen molar-refractivity contribution < 1.29 is 4.74 Å². The molecule has 0 saturated heterocycles. The minimum atomic E-state index is 0. The number of hydrogen-bond donors (Lipinski definition) is 1. The Morgan fingerprint density at radius 1 is 1.58 bits per heavy atom. The van der Waals surface area contributed by atoms with E-state index in [9.17, 15) is 0 Å². The first-order chi connectivity index (χ1) is 5.38. The van der Waals surface area contributed by atoms with Crippen molar-refractivity contribution in [3.8, 4) is 5.75 Å². The summed E-state index contributed by atoms with van der Waals surface area (Å²) in [6.45, 7) is 0.605. The maximum absolute atomic E-state index is 5.39. The lowest BCUT2D eigenvalue weighted by Crippen LogP contribution is -2.05. The lowest BCUT2D eigenvalue weighted by Gasteiger charge is -2.04. The molecule has 1 heterocycles. The number of nitrogens with two attached hydrogens (primary N) is 1. The Bertz CT molecular complexity index is 230. The molecule has 1 aromatic heterocycles. The summed E-state index contributed by atoms with van der Waals surface area (Å²) in [5.41, 5.74) is 6.32. The molecular formula is C8H13ClN2O. The number of nitrogens with zero attached hydrogens (tertiary/aromatic N) is 1. The highest BCUT2D eigenvalue weighted by atomic mass is 35.5. The molecule has 0 fully saturated rings. The zero-order valence-electron chi connectivity index (χ0n) is 6.99. The molecule has 0 atom stereocenters. The fraction of sp³-hybridized carbons (Fsp3) is 0.375. The lowest BCUT2D eigenvalue weighted by molar-refractivity contribution is 0.407. The Balaban J connectivity index is 0.00000121. The number of hydrogen-bond acceptors (Lipinski definition) is 3. The number of aromatic nitrogens is 1. The molecule has 0 aliphatic carbocycles. The molecule has 0 amide bonds. The van der Waals surface area contributed by atoms with Gasteiger partial charge >= 0.3 is 0 Å². The van der Waals surface area contributed by atoms with Crippen LogP contribution in [0.2, 0.25) is 0 Å². The van der Waals surface area contributed by atoms with E-state index in [-0.39, 0.29) is 12.4 Å². The molecule has 1 aromatic rings. The number of pyridine rings is 1. The van der Waals surface area contributed by atoms with E-state index >= 15 is 0 Å². The third-order valence-electron chi connectivity index (χ3n) is 1.45. The van der Waals surface area contributed by atoms with Crippen LogP contribution in [-0.4, -0.2) is 18.6 Å². The maximum atomic E-state index is 5.39. The fourth-order valence-corrected chi connectivity index (χ4v) is 0.934. The first-order valence-electron chi connectivity index (χ1n) is 3.56. The summed E-state index contributed by atoms with van der Waals surface area (Å²) in [5.74, 6) is 0.818. The molecule has 3 nitrogen and oxygen atoms in total. The predicted molar refractivity (Wildman–Crippen MR) is 50.8 cm³/mol. The second-order valence-electron chi connectivity index (χ2n) is 2.19. The van der Waals surface area contributed by atoms with Crippen molar-refractivity contribution in [1.82, 2.24) is 4.98 Å². The Labute approximate surface area is 78.4 Å². The van der Waals surface area contributed by atoms with E-state index in [0.717, 1.165) is 17.9 Å². The number of methoxy groups -OCH3 is 1. The van der Waals surface area contributed by atoms with Crippen molar-refractivity contribution >= 4 is 12.4 Å². The smallest absolute Gasteiger partial charge is 0.140 e. The van der Waals surface area contributed by atoms with Crippen LogP contribution in [0, 0.1) is 0 Å². The number of rotatable bonds is 3. The standard InChI is InChI=1S/C8H12N2O.ClH/c1-11-8-3-2-6-10-7(8)4-5-9;/h2-3,6H,4-5,9H2,1H3;1H. The highest BCUT2D eigenvalue weighted by Crippen LogP contribution is 2.13. The van der Waals surface area contributed by atoms with Gasteiger partial charge in [0, 0.05) is 12.6 Å². The van der Waals surface area contributed by atoms with E-state index in [1.54, 1.807) is 13.3 Å². The van der Waals surface area contributed by atoms with Crippen LogP contribution in [0.4, 0.5) is 0 Å². The zero-order chi connectivity index (χ0) is 8.10. The Morgan fingerprint density at radius 2 is 2.33 bits per heavy atom. The lowest BCUT2D eigenvalue weighted by atomic mass is 10.2. The molecule has 0 aliphatic rings. The summed E-state index contributed by atoms with van der Waals surface area (Å²) in [6.07, 6.45) is 2.51. The van der Waals surface area contributed by atoms with E-state index in [1.807, 2.05) is 12.1 Å². The fourth-order valence-electron chi connectivity index (χ4n) is 0.934. The quantitative estimate of drug-likeness (QED) is 0.771. The molecule has 1 rings (SSSR count). The summed E-state index contributed by atoms with van der Waals surface area (Å²) in [5, 5.41) is 0. The number of ether oxygens (including phenoxy) is 1. The van der Waals surface area contributed by atoms with E-state index in [2.05, 4.69) is 4.98 Å². The molecule has 2 N–H and O–H groups in total. The van der Waals surface area contributed by atoms with E-state index in [1.165, 1.54) is 0 Å². The molecule has 68 valence electrons. The minimum Gasteiger partial charge on any atom is -0.495 e. The Kier molecular flexibility index (Phi) is 5.41. The Morgan fingerprint density at radius 3 is 2.92 bits per heavy atom. The van der Waals surface area contributed by atoms with E-state index in [4.69, 9.17) is 10.5 Å². The van der Waals surface area contributed by atoms with Crippen LogP contribution in [-0.2, 0) is 6.42 Å². The Hall–Kier alpha value is -0.800. The monoisotopic (exact) mass is 188 g/mol. The van der Waals surface area contributed by atoms with Gasteiger partial charge in [-0.3, -0.25) is 4.98 Å². The van der Waals surface area contributed by atoms with Crippen LogP contribution >= 0.6 is 12.4 Å². The highest BCUT2D eigenvalue weighted by molar-refractivity contribution is 5.85. The van der Waals surface area contributed by atoms with Gasteiger partial charge in [-0.25, -0.2) is 0 Å². The van der Waals surface area contributed by atoms with Crippen molar-refractivity contribution in [2.45, 2.75) is 6.42 Å². The summed E-state index contributed by atoms with van der Waals surface area (Å²) >= 11 is 0. The molecule has 0 unspecified atom stereocenters. The summed E-state index contributed by atoms with van der Waals surface area (Å²) in [6, 6.07) is 3.73. The largest absolute Gasteiger partial charge is 0.495 e. The van der Waals surface area contributed by atoms with Gasteiger partial charge < -0.3 is 10.5 Å². The van der Waals surface area contributed by atoms with Gasteiger partial charge in [-0.05, 0) is 18.7 Å². The second-order valence-corrected chi connectivity index (χ2v) is 2.19. The second kappa shape index (κ2) is 5.80. The number of halogens is 1. The molecule has 0 aromatic carbocycles. The molecule has 0 spiro atoms. The molecule has 0 radical (unpaired) electrons. The average Bonchev–Trinajstić information content (AvgIpc) is 2.06. The topological polar surface area (TPSA) is 48.1 Å². The van der Waals surface area contributed by atoms with Crippen LogP contribution in [0.3, 0.4) is 0 Å². The third kappa shape index (κ3) is 2.68. The minimum absolute atomic E-state index is 0. The maximum Gasteiger partial charge on any atom is 0.140 e. The highest BCUT2D eigenvalue weighted by Gasteiger charge is 1.99. The summed E-state index contributed by atoms with van der Waals surface area (Å²) in [7, 11) is 1.64. The van der Waals surface area contributed by atoms with Crippen molar-refractivity contribution in [2.75, 3.05) is 13.7 Å². The van der Waals surface area contributed by atoms with Gasteiger partial charge in [-0.2, -0.15) is 0 Å². The summed E-state index contributed by atoms with van der Waals surface area (Å²) < 4.78 is 5.08. The van der Waals surface area contributed by atoms with Crippen LogP contribution in [0.1, 0.15) is 5.69 Å². The van der Waals surface area contributed by atoms with Gasteiger partial charge in [-0.15, -0.1) is 12.4 Å². The van der Waals surface area contributed by atoms with Gasteiger partial charge in [0.05, 0.1) is 12.8 Å². The van der Waals surface area contributed by atoms with Crippen LogP contribution in [0.15, 0.2) is 18.3 Å². The molecule has 0 bridgehead atoms. The summed E-state index contributed by atoms with van der Waals surface area (Å²) in [4.78, 5) is 4.13. The van der Waals surface area contributed by atoms with Crippen molar-refractivity contribution in [3.05, 3.63) is 24.0 Å². The normalized spacial score (nSPS) is 8.83. The van der Waals surface area contributed by atoms with Crippen molar-refractivity contribution in [3.63, 3.8) is 0 Å². The van der Waals surface area contributed by atoms with Gasteiger partial charge in [0.15, 0.2) is 0 Å². The van der Waals surface area contributed by atoms with Gasteiger partial charge in [0.2, 0.25) is 0 Å². The third-order valence-corrected chi connectivity index (χ3v) is 1.45. The van der Waals surface area contributed by atoms with Crippen LogP contribution < -0.4 is 10.5 Å². The molecule has 0 saturated carbocycles. The van der Waals surface area contributed by atoms with Gasteiger partial charge in [0.25, 0.3) is 0 Å². The van der Waals surface area contributed by atoms with Crippen molar-refractivity contribution in [1.29, 1.82) is 0 Å². The van der Waals surface area contributed by atoms with Crippen molar-refractivity contribution in [2.24, 2.45) is 5.73 Å². The molecular weight excluding hydrogens is 176 g/mol. The predicted octanol–water partition coefficient (Wildman–Crippen LogP) is 1.01. The molecule has 12 heavy (non-hydrogen) atoms. The molecule has 0 aliphatic heterocycles. The van der Waals surface area contributed by atoms with E-state index < -0.39 is 0 Å².